The number of aromatic nitrogens is 1. The second-order valence-corrected chi connectivity index (χ2v) is 15.9. The fourth-order valence-electron chi connectivity index (χ4n) is 5.97. The van der Waals surface area contributed by atoms with Gasteiger partial charge in [0.15, 0.2) is 0 Å². The van der Waals surface area contributed by atoms with Gasteiger partial charge in [-0.25, -0.2) is 24.2 Å². The van der Waals surface area contributed by atoms with Gasteiger partial charge in [0.05, 0.1) is 60.6 Å². The maximum atomic E-state index is 13.3. The predicted octanol–water partition coefficient (Wildman–Crippen LogP) is 10.5. The summed E-state index contributed by atoms with van der Waals surface area (Å²) in [6, 6.07) is 26.7. The lowest BCUT2D eigenvalue weighted by Crippen LogP contribution is -2.11. The number of benzene rings is 4. The summed E-state index contributed by atoms with van der Waals surface area (Å²) < 4.78 is 34.4. The highest BCUT2D eigenvalue weighted by atomic mass is 32.1. The molecule has 0 amide bonds. The molecule has 1 aromatic heterocycles. The minimum Gasteiger partial charge on any atom is -0.494 e. The molecular weight excluding hydrogens is 835 g/mol. The van der Waals surface area contributed by atoms with Gasteiger partial charge in [0.1, 0.15) is 17.2 Å². The van der Waals surface area contributed by atoms with E-state index in [0.717, 1.165) is 67.1 Å². The highest BCUT2D eigenvalue weighted by Crippen LogP contribution is 2.26. The molecule has 1 heterocycles. The SMILES string of the molecule is C=C(C)C(=O)OCCCCCCOc1ccc(C(=O)OCCc2ccc(OC(=O)c3ccc(OCCCCCCOC(=O)C(=C)C)cc3)c(/C=N/Nc3nc4ccccc4s3)c2)cc1. The van der Waals surface area contributed by atoms with Gasteiger partial charge >= 0.3 is 23.9 Å². The van der Waals surface area contributed by atoms with Gasteiger partial charge in [-0.15, -0.1) is 0 Å². The van der Waals surface area contributed by atoms with Crippen LogP contribution < -0.4 is 19.6 Å². The normalized spacial score (nSPS) is 10.9. The number of hydrogen-bond donors (Lipinski definition) is 1. The summed E-state index contributed by atoms with van der Waals surface area (Å²) in [5, 5.41) is 5.01. The molecule has 0 bridgehead atoms. The number of fused-ring (bicyclic) bond motifs is 1. The standard InChI is InChI=1S/C50H55N3O10S/c1-35(2)46(54)60-30-13-7-5-11-28-58-41-22-18-38(19-23-41)48(56)62-32-27-37-17-26-44(40(33-37)34-51-53-50-52-43-15-9-10-16-45(43)64-50)63-49(57)39-20-24-42(25-21-39)59-29-12-6-8-14-31-61-47(55)36(3)4/h9-10,15-26,33-34H,1,3,5-8,11-14,27-32H2,2,4H3,(H,52,53)/b51-34+. The lowest BCUT2D eigenvalue weighted by atomic mass is 10.1. The zero-order valence-electron chi connectivity index (χ0n) is 36.4. The Labute approximate surface area is 378 Å². The van der Waals surface area contributed by atoms with Crippen LogP contribution in [-0.2, 0) is 30.2 Å². The largest absolute Gasteiger partial charge is 0.494 e. The molecule has 0 aliphatic heterocycles. The van der Waals surface area contributed by atoms with Crippen LogP contribution in [0.25, 0.3) is 10.2 Å². The van der Waals surface area contributed by atoms with E-state index in [1.807, 2.05) is 36.4 Å². The number of ether oxygens (including phenoxy) is 6. The first-order chi connectivity index (χ1) is 31.0. The molecule has 0 fully saturated rings. The van der Waals surface area contributed by atoms with Crippen LogP contribution in [0, 0.1) is 0 Å². The van der Waals surface area contributed by atoms with Gasteiger partial charge in [-0.3, -0.25) is 5.43 Å². The van der Waals surface area contributed by atoms with Crippen molar-refractivity contribution in [3.63, 3.8) is 0 Å². The van der Waals surface area contributed by atoms with Crippen LogP contribution in [0.3, 0.4) is 0 Å². The van der Waals surface area contributed by atoms with E-state index in [9.17, 15) is 19.2 Å². The molecule has 0 atom stereocenters. The molecule has 0 aliphatic carbocycles. The summed E-state index contributed by atoms with van der Waals surface area (Å²) in [4.78, 5) is 53.7. The Balaban J connectivity index is 1.10. The molecule has 0 aliphatic rings. The number of para-hydroxylation sites is 1. The van der Waals surface area contributed by atoms with Gasteiger partial charge in [0.2, 0.25) is 5.13 Å². The average molecular weight is 890 g/mol. The number of carbonyl (C=O) groups is 4. The molecule has 5 aromatic rings. The molecule has 13 nitrogen and oxygen atoms in total. The van der Waals surface area contributed by atoms with Crippen LogP contribution >= 0.6 is 11.3 Å². The number of esters is 4. The number of nitrogens with one attached hydrogen (secondary N) is 1. The van der Waals surface area contributed by atoms with Gasteiger partial charge in [0, 0.05) is 23.1 Å². The third-order valence-electron chi connectivity index (χ3n) is 9.52. The van der Waals surface area contributed by atoms with E-state index >= 15 is 0 Å². The van der Waals surface area contributed by atoms with Crippen molar-refractivity contribution < 1.29 is 47.6 Å². The number of unbranched alkanes of at least 4 members (excludes halogenated alkanes) is 6. The van der Waals surface area contributed by atoms with Crippen LogP contribution in [0.5, 0.6) is 17.2 Å². The molecule has 4 aromatic carbocycles. The second-order valence-electron chi connectivity index (χ2n) is 14.9. The van der Waals surface area contributed by atoms with Gasteiger partial charge < -0.3 is 28.4 Å². The Hall–Kier alpha value is -6.80. The summed E-state index contributed by atoms with van der Waals surface area (Å²) in [6.07, 6.45) is 8.90. The number of anilines is 1. The first-order valence-electron chi connectivity index (χ1n) is 21.3. The van der Waals surface area contributed by atoms with Crippen molar-refractivity contribution in [1.29, 1.82) is 0 Å². The van der Waals surface area contributed by atoms with Gasteiger partial charge in [-0.05, 0) is 144 Å². The Morgan fingerprint density at radius 2 is 1.19 bits per heavy atom. The quantitative estimate of drug-likeness (QED) is 0.0101. The highest BCUT2D eigenvalue weighted by molar-refractivity contribution is 7.22. The molecule has 1 N–H and O–H groups in total. The van der Waals surface area contributed by atoms with Gasteiger partial charge in [0.25, 0.3) is 0 Å². The number of hydrogen-bond acceptors (Lipinski definition) is 14. The van der Waals surface area contributed by atoms with Crippen LogP contribution in [0.2, 0.25) is 0 Å². The Kier molecular flexibility index (Phi) is 19.6. The molecule has 0 saturated carbocycles. The first kappa shape index (κ1) is 48.2. The molecule has 336 valence electrons. The van der Waals surface area contributed by atoms with Crippen molar-refractivity contribution in [2.24, 2.45) is 5.10 Å². The maximum Gasteiger partial charge on any atom is 0.343 e. The topological polar surface area (TPSA) is 161 Å². The Morgan fingerprint density at radius 3 is 1.75 bits per heavy atom. The maximum absolute atomic E-state index is 13.3. The molecule has 64 heavy (non-hydrogen) atoms. The van der Waals surface area contributed by atoms with Crippen molar-refractivity contribution >= 4 is 56.8 Å². The number of rotatable bonds is 27. The highest BCUT2D eigenvalue weighted by Gasteiger charge is 2.14. The minimum atomic E-state index is -0.554. The van der Waals surface area contributed by atoms with Crippen LogP contribution in [0.4, 0.5) is 5.13 Å². The molecule has 0 radical (unpaired) electrons. The average Bonchev–Trinajstić information content (AvgIpc) is 3.72. The predicted molar refractivity (Wildman–Crippen MR) is 249 cm³/mol. The number of hydrazone groups is 1. The van der Waals surface area contributed by atoms with E-state index in [-0.39, 0.29) is 18.5 Å². The van der Waals surface area contributed by atoms with Crippen molar-refractivity contribution in [3.05, 3.63) is 138 Å². The lowest BCUT2D eigenvalue weighted by molar-refractivity contribution is -0.139. The monoisotopic (exact) mass is 889 g/mol. The molecular formula is C50H55N3O10S. The van der Waals surface area contributed by atoms with Crippen molar-refractivity contribution in [2.75, 3.05) is 38.5 Å². The summed E-state index contributed by atoms with van der Waals surface area (Å²) in [6.45, 7) is 12.3. The Morgan fingerprint density at radius 1 is 0.641 bits per heavy atom. The number of nitrogens with zero attached hydrogens (tertiary/aromatic N) is 2. The van der Waals surface area contributed by atoms with Crippen molar-refractivity contribution in [2.45, 2.75) is 71.6 Å². The second kappa shape index (κ2) is 26.0. The minimum absolute atomic E-state index is 0.116. The number of thiazole rings is 1. The van der Waals surface area contributed by atoms with Gasteiger partial charge in [-0.2, -0.15) is 5.10 Å². The zero-order chi connectivity index (χ0) is 45.5. The molecule has 0 saturated heterocycles. The fraction of sp³-hybridized carbons (Fsp3) is 0.320. The van der Waals surface area contributed by atoms with Crippen LogP contribution in [0.1, 0.15) is 97.1 Å². The van der Waals surface area contributed by atoms with E-state index < -0.39 is 11.9 Å². The molecule has 14 heteroatoms. The fourth-order valence-corrected chi connectivity index (χ4v) is 6.79. The third kappa shape index (κ3) is 16.5. The molecule has 5 rings (SSSR count). The lowest BCUT2D eigenvalue weighted by Gasteiger charge is -2.11. The summed E-state index contributed by atoms with van der Waals surface area (Å²) in [7, 11) is 0. The van der Waals surface area contributed by atoms with E-state index in [0.29, 0.717) is 83.1 Å². The summed E-state index contributed by atoms with van der Waals surface area (Å²) >= 11 is 1.46. The van der Waals surface area contributed by atoms with Crippen LogP contribution in [0.15, 0.2) is 120 Å². The van der Waals surface area contributed by atoms with E-state index in [1.54, 1.807) is 74.7 Å². The Bertz CT molecular complexity index is 2340. The first-order valence-corrected chi connectivity index (χ1v) is 22.1. The van der Waals surface area contributed by atoms with Crippen molar-refractivity contribution in [1.82, 2.24) is 4.98 Å². The van der Waals surface area contributed by atoms with Gasteiger partial charge in [-0.1, -0.05) is 42.7 Å². The van der Waals surface area contributed by atoms with Crippen molar-refractivity contribution in [3.8, 4) is 17.2 Å². The van der Waals surface area contributed by atoms with E-state index in [1.165, 1.54) is 11.3 Å². The molecule has 0 spiro atoms. The smallest absolute Gasteiger partial charge is 0.343 e. The summed E-state index contributed by atoms with van der Waals surface area (Å²) in [5.74, 6) is -0.164. The van der Waals surface area contributed by atoms with E-state index in [2.05, 4.69) is 28.7 Å². The number of carbonyl (C=O) groups excluding carboxylic acids is 4. The van der Waals surface area contributed by atoms with Crippen LogP contribution in [-0.4, -0.2) is 68.1 Å². The summed E-state index contributed by atoms with van der Waals surface area (Å²) in [5.41, 5.74) is 6.73. The zero-order valence-corrected chi connectivity index (χ0v) is 37.3. The van der Waals surface area contributed by atoms with E-state index in [4.69, 9.17) is 28.4 Å². The third-order valence-corrected chi connectivity index (χ3v) is 10.5. The molecule has 0 unspecified atom stereocenters.